The second-order valence-corrected chi connectivity index (χ2v) is 9.31. The van der Waals surface area contributed by atoms with Crippen LogP contribution in [0.3, 0.4) is 0 Å². The predicted molar refractivity (Wildman–Crippen MR) is 139 cm³/mol. The quantitative estimate of drug-likeness (QED) is 0.310. The fourth-order valence-electron chi connectivity index (χ4n) is 3.71. The van der Waals surface area contributed by atoms with Crippen molar-refractivity contribution in [3.05, 3.63) is 90.4 Å². The van der Waals surface area contributed by atoms with E-state index in [1.807, 2.05) is 0 Å². The predicted octanol–water partition coefficient (Wildman–Crippen LogP) is 7.74. The summed E-state index contributed by atoms with van der Waals surface area (Å²) in [6, 6.07) is 14.8. The van der Waals surface area contributed by atoms with Crippen LogP contribution in [0.5, 0.6) is 23.0 Å². The molecule has 0 aliphatic carbocycles. The standard InChI is InChI=1S/C26H14Cl4N2O4/c27-18-5-14(25(33)20(29)8-18)3-16(10-31)24(13-1-2-22-23(7-13)36-12-35-22)17(11-32)4-15-6-19(28)9-21(30)26(15)34/h1-9,24,33-34H,12H2/b16-3+,17-4+. The third-order valence-corrected chi connectivity index (χ3v) is 6.36. The van der Waals surface area contributed by atoms with Crippen molar-refractivity contribution in [2.45, 2.75) is 5.92 Å². The Morgan fingerprint density at radius 1 is 0.778 bits per heavy atom. The normalized spacial score (nSPS) is 13.7. The average molecular weight is 560 g/mol. The van der Waals surface area contributed by atoms with Gasteiger partial charge in [-0.15, -0.1) is 0 Å². The van der Waals surface area contributed by atoms with Gasteiger partial charge in [-0.1, -0.05) is 52.5 Å². The van der Waals surface area contributed by atoms with Crippen molar-refractivity contribution < 1.29 is 19.7 Å². The Bertz CT molecular complexity index is 1430. The average Bonchev–Trinajstić information content (AvgIpc) is 3.31. The second kappa shape index (κ2) is 10.6. The van der Waals surface area contributed by atoms with Crippen LogP contribution in [0.1, 0.15) is 22.6 Å². The van der Waals surface area contributed by atoms with Gasteiger partial charge in [0.1, 0.15) is 11.5 Å². The second-order valence-electron chi connectivity index (χ2n) is 7.62. The maximum atomic E-state index is 10.5. The first-order valence-corrected chi connectivity index (χ1v) is 11.7. The Kier molecular flexibility index (Phi) is 7.54. The van der Waals surface area contributed by atoms with Crippen LogP contribution < -0.4 is 9.47 Å². The highest BCUT2D eigenvalue weighted by Crippen LogP contribution is 2.42. The number of nitriles is 2. The van der Waals surface area contributed by atoms with Crippen molar-refractivity contribution in [3.8, 4) is 35.1 Å². The van der Waals surface area contributed by atoms with Gasteiger partial charge in [-0.2, -0.15) is 10.5 Å². The number of hydrogen-bond acceptors (Lipinski definition) is 6. The summed E-state index contributed by atoms with van der Waals surface area (Å²) in [6.45, 7) is 0.0368. The van der Waals surface area contributed by atoms with Crippen LogP contribution in [-0.2, 0) is 0 Å². The van der Waals surface area contributed by atoms with Gasteiger partial charge in [0.25, 0.3) is 0 Å². The molecule has 0 fully saturated rings. The van der Waals surface area contributed by atoms with Gasteiger partial charge in [0, 0.05) is 32.3 Å². The Morgan fingerprint density at radius 2 is 1.28 bits per heavy atom. The lowest BCUT2D eigenvalue weighted by Crippen LogP contribution is -2.05. The maximum absolute atomic E-state index is 10.5. The van der Waals surface area contributed by atoms with Gasteiger partial charge in [0.15, 0.2) is 11.5 Å². The molecule has 3 aromatic rings. The summed E-state index contributed by atoms with van der Waals surface area (Å²) in [7, 11) is 0. The number of halogens is 4. The van der Waals surface area contributed by atoms with Crippen LogP contribution >= 0.6 is 46.4 Å². The molecule has 0 atom stereocenters. The van der Waals surface area contributed by atoms with Crippen LogP contribution in [0.25, 0.3) is 12.2 Å². The Hall–Kier alpha value is -3.52. The van der Waals surface area contributed by atoms with Crippen LogP contribution in [0.2, 0.25) is 20.1 Å². The highest BCUT2D eigenvalue weighted by Gasteiger charge is 2.26. The van der Waals surface area contributed by atoms with E-state index in [1.54, 1.807) is 18.2 Å². The van der Waals surface area contributed by atoms with Crippen LogP contribution in [0.15, 0.2) is 53.6 Å². The summed E-state index contributed by atoms with van der Waals surface area (Å²) in [5, 5.41) is 41.7. The molecule has 6 nitrogen and oxygen atoms in total. The third-order valence-electron chi connectivity index (χ3n) is 5.35. The van der Waals surface area contributed by atoms with Gasteiger partial charge in [-0.25, -0.2) is 0 Å². The van der Waals surface area contributed by atoms with E-state index < -0.39 is 5.92 Å². The number of rotatable bonds is 5. The molecule has 3 aromatic carbocycles. The first kappa shape index (κ1) is 25.6. The summed E-state index contributed by atoms with van der Waals surface area (Å²) in [5.74, 6) is -0.556. The number of nitrogens with zero attached hydrogens (tertiary/aromatic N) is 2. The van der Waals surface area contributed by atoms with Gasteiger partial charge >= 0.3 is 0 Å². The highest BCUT2D eigenvalue weighted by molar-refractivity contribution is 6.36. The van der Waals surface area contributed by atoms with Crippen molar-refractivity contribution in [2.24, 2.45) is 0 Å². The molecule has 0 amide bonds. The largest absolute Gasteiger partial charge is 0.506 e. The molecule has 1 heterocycles. The Labute approximate surface area is 226 Å². The van der Waals surface area contributed by atoms with Gasteiger partial charge in [0.2, 0.25) is 6.79 Å². The number of aromatic hydroxyl groups is 2. The molecule has 180 valence electrons. The lowest BCUT2D eigenvalue weighted by molar-refractivity contribution is 0.174. The molecule has 1 aliphatic heterocycles. The first-order chi connectivity index (χ1) is 17.2. The Morgan fingerprint density at radius 3 is 1.78 bits per heavy atom. The number of benzene rings is 3. The lowest BCUT2D eigenvalue weighted by Gasteiger charge is -2.18. The SMILES string of the molecule is N#C/C(=C\c1cc(Cl)cc(Cl)c1O)C(/C(C#N)=C/c1cc(Cl)cc(Cl)c1O)c1ccc2c(c1)OCO2. The topological polar surface area (TPSA) is 107 Å². The van der Waals surface area contributed by atoms with Gasteiger partial charge in [0.05, 0.1) is 28.1 Å². The number of fused-ring (bicyclic) bond motifs is 1. The van der Waals surface area contributed by atoms with Crippen molar-refractivity contribution in [1.82, 2.24) is 0 Å². The van der Waals surface area contributed by atoms with Crippen molar-refractivity contribution >= 4 is 58.6 Å². The van der Waals surface area contributed by atoms with E-state index in [-0.39, 0.29) is 60.7 Å². The molecule has 36 heavy (non-hydrogen) atoms. The molecular weight excluding hydrogens is 546 g/mol. The van der Waals surface area contributed by atoms with Crippen LogP contribution in [-0.4, -0.2) is 17.0 Å². The van der Waals surface area contributed by atoms with E-state index in [1.165, 1.54) is 36.4 Å². The molecule has 10 heteroatoms. The minimum atomic E-state index is -0.955. The molecule has 0 aromatic heterocycles. The molecule has 0 saturated heterocycles. The van der Waals surface area contributed by atoms with Gasteiger partial charge < -0.3 is 19.7 Å². The van der Waals surface area contributed by atoms with Gasteiger partial charge in [-0.05, 0) is 54.1 Å². The van der Waals surface area contributed by atoms with Crippen molar-refractivity contribution in [1.29, 1.82) is 10.5 Å². The maximum Gasteiger partial charge on any atom is 0.231 e. The number of hydrogen-bond donors (Lipinski definition) is 2. The molecule has 0 spiro atoms. The number of phenolic OH excluding ortho intramolecular Hbond substituents is 2. The van der Waals surface area contributed by atoms with E-state index in [4.69, 9.17) is 55.9 Å². The minimum Gasteiger partial charge on any atom is -0.506 e. The van der Waals surface area contributed by atoms with E-state index in [9.17, 15) is 20.7 Å². The van der Waals surface area contributed by atoms with E-state index in [2.05, 4.69) is 12.1 Å². The highest BCUT2D eigenvalue weighted by atomic mass is 35.5. The molecule has 0 saturated carbocycles. The summed E-state index contributed by atoms with van der Waals surface area (Å²) in [5.41, 5.74) is 1.02. The zero-order valence-electron chi connectivity index (χ0n) is 18.1. The third kappa shape index (κ3) is 5.18. The van der Waals surface area contributed by atoms with E-state index in [0.717, 1.165) is 0 Å². The number of ether oxygens (including phenoxy) is 2. The zero-order valence-corrected chi connectivity index (χ0v) is 21.1. The summed E-state index contributed by atoms with van der Waals surface area (Å²) in [6.07, 6.45) is 2.77. The smallest absolute Gasteiger partial charge is 0.231 e. The molecule has 4 rings (SSSR count). The first-order valence-electron chi connectivity index (χ1n) is 10.2. The van der Waals surface area contributed by atoms with E-state index in [0.29, 0.717) is 17.1 Å². The van der Waals surface area contributed by atoms with Crippen molar-refractivity contribution in [3.63, 3.8) is 0 Å². The molecular formula is C26H14Cl4N2O4. The molecule has 0 unspecified atom stereocenters. The van der Waals surface area contributed by atoms with Gasteiger partial charge in [-0.3, -0.25) is 0 Å². The van der Waals surface area contributed by atoms with E-state index >= 15 is 0 Å². The van der Waals surface area contributed by atoms with Crippen molar-refractivity contribution in [2.75, 3.05) is 6.79 Å². The molecule has 2 N–H and O–H groups in total. The number of allylic oxidation sites excluding steroid dienone is 2. The minimum absolute atomic E-state index is 0.000194. The zero-order chi connectivity index (χ0) is 26.0. The number of phenols is 2. The summed E-state index contributed by atoms with van der Waals surface area (Å²) >= 11 is 24.3. The lowest BCUT2D eigenvalue weighted by atomic mass is 9.83. The molecule has 0 bridgehead atoms. The molecule has 0 radical (unpaired) electrons. The van der Waals surface area contributed by atoms with Crippen LogP contribution in [0.4, 0.5) is 0 Å². The summed E-state index contributed by atoms with van der Waals surface area (Å²) < 4.78 is 10.9. The fourth-order valence-corrected chi connectivity index (χ4v) is 4.72. The molecule has 1 aliphatic rings. The Balaban J connectivity index is 1.95. The fraction of sp³-hybridized carbons (Fsp3) is 0.0769. The van der Waals surface area contributed by atoms with Crippen LogP contribution in [0, 0.1) is 22.7 Å². The summed E-state index contributed by atoms with van der Waals surface area (Å²) in [4.78, 5) is 0. The monoisotopic (exact) mass is 558 g/mol.